The van der Waals surface area contributed by atoms with E-state index < -0.39 is 0 Å². The average Bonchev–Trinajstić information content (AvgIpc) is 2.85. The van der Waals surface area contributed by atoms with Crippen molar-refractivity contribution in [3.05, 3.63) is 54.1 Å². The summed E-state index contributed by atoms with van der Waals surface area (Å²) in [5.41, 5.74) is 1.57. The zero-order chi connectivity index (χ0) is 11.4. The van der Waals surface area contributed by atoms with Crippen LogP contribution in [0, 0.1) is 11.3 Å². The van der Waals surface area contributed by atoms with Gasteiger partial charge in [-0.05, 0) is 17.7 Å². The summed E-state index contributed by atoms with van der Waals surface area (Å²) in [6.45, 7) is 0.00224. The lowest BCUT2D eigenvalue weighted by molar-refractivity contribution is 0.249. The summed E-state index contributed by atoms with van der Waals surface area (Å²) < 4.78 is 1.83. The van der Waals surface area contributed by atoms with Gasteiger partial charge in [0.15, 0.2) is 0 Å². The van der Waals surface area contributed by atoms with Crippen molar-refractivity contribution < 1.29 is 5.11 Å². The van der Waals surface area contributed by atoms with Crippen LogP contribution in [0.3, 0.4) is 0 Å². The molecule has 0 aliphatic rings. The predicted molar refractivity (Wildman–Crippen MR) is 58.6 cm³/mol. The van der Waals surface area contributed by atoms with E-state index in [9.17, 15) is 5.11 Å². The minimum Gasteiger partial charge on any atom is -0.394 e. The van der Waals surface area contributed by atoms with Crippen LogP contribution in [0.4, 0.5) is 0 Å². The number of hydrogen-bond donors (Lipinski definition) is 1. The van der Waals surface area contributed by atoms with Gasteiger partial charge in [-0.2, -0.15) is 5.26 Å². The molecule has 4 heteroatoms. The molecular weight excluding hydrogens is 202 g/mol. The van der Waals surface area contributed by atoms with Gasteiger partial charge in [0, 0.05) is 12.4 Å². The van der Waals surface area contributed by atoms with Gasteiger partial charge in [0.2, 0.25) is 0 Å². The standard InChI is InChI=1S/C12H11N3O/c13-7-10-1-3-11(4-2-10)12(8-16)15-6-5-14-9-15/h1-6,9,12,16H,8H2. The first-order chi connectivity index (χ1) is 7.85. The number of nitriles is 1. The van der Waals surface area contributed by atoms with E-state index in [1.54, 1.807) is 30.9 Å². The first-order valence-electron chi connectivity index (χ1n) is 4.93. The third-order valence-electron chi connectivity index (χ3n) is 2.48. The zero-order valence-electron chi connectivity index (χ0n) is 8.61. The van der Waals surface area contributed by atoms with E-state index in [2.05, 4.69) is 11.1 Å². The van der Waals surface area contributed by atoms with Gasteiger partial charge in [-0.1, -0.05) is 12.1 Å². The van der Waals surface area contributed by atoms with Gasteiger partial charge in [0.1, 0.15) is 0 Å². The minimum atomic E-state index is -0.143. The number of aliphatic hydroxyl groups excluding tert-OH is 1. The van der Waals surface area contributed by atoms with Gasteiger partial charge >= 0.3 is 0 Å². The van der Waals surface area contributed by atoms with Gasteiger partial charge < -0.3 is 9.67 Å². The van der Waals surface area contributed by atoms with E-state index in [1.165, 1.54) is 0 Å². The highest BCUT2D eigenvalue weighted by Gasteiger charge is 2.11. The van der Waals surface area contributed by atoms with Crippen LogP contribution in [0.25, 0.3) is 0 Å². The van der Waals surface area contributed by atoms with Crippen LogP contribution >= 0.6 is 0 Å². The number of rotatable bonds is 3. The largest absolute Gasteiger partial charge is 0.394 e. The molecule has 0 aliphatic carbocycles. The Morgan fingerprint density at radius 3 is 2.62 bits per heavy atom. The van der Waals surface area contributed by atoms with Crippen molar-refractivity contribution in [3.63, 3.8) is 0 Å². The fourth-order valence-electron chi connectivity index (χ4n) is 1.61. The van der Waals surface area contributed by atoms with E-state index in [-0.39, 0.29) is 12.6 Å². The first-order valence-corrected chi connectivity index (χ1v) is 4.93. The van der Waals surface area contributed by atoms with Crippen LogP contribution in [-0.2, 0) is 0 Å². The second-order valence-corrected chi connectivity index (χ2v) is 3.44. The van der Waals surface area contributed by atoms with E-state index in [0.29, 0.717) is 5.56 Å². The minimum absolute atomic E-state index is 0.00224. The zero-order valence-corrected chi connectivity index (χ0v) is 8.61. The van der Waals surface area contributed by atoms with Gasteiger partial charge in [0.05, 0.1) is 30.6 Å². The molecule has 2 rings (SSSR count). The van der Waals surface area contributed by atoms with Crippen molar-refractivity contribution in [1.82, 2.24) is 9.55 Å². The molecule has 0 saturated heterocycles. The van der Waals surface area contributed by atoms with E-state index in [4.69, 9.17) is 5.26 Å². The van der Waals surface area contributed by atoms with Crippen molar-refractivity contribution in [3.8, 4) is 6.07 Å². The Kier molecular flexibility index (Phi) is 2.99. The molecule has 1 unspecified atom stereocenters. The molecule has 0 spiro atoms. The second kappa shape index (κ2) is 4.60. The monoisotopic (exact) mass is 213 g/mol. The summed E-state index contributed by atoms with van der Waals surface area (Å²) in [5, 5.41) is 18.1. The Bertz CT molecular complexity index is 482. The summed E-state index contributed by atoms with van der Waals surface area (Å²) in [4.78, 5) is 3.95. The third kappa shape index (κ3) is 1.95. The van der Waals surface area contributed by atoms with E-state index in [1.807, 2.05) is 16.7 Å². The van der Waals surface area contributed by atoms with Crippen molar-refractivity contribution in [2.75, 3.05) is 6.61 Å². The average molecular weight is 213 g/mol. The number of aliphatic hydroxyl groups is 1. The maximum Gasteiger partial charge on any atom is 0.0991 e. The van der Waals surface area contributed by atoms with Crippen molar-refractivity contribution >= 4 is 0 Å². The molecule has 1 atom stereocenters. The van der Waals surface area contributed by atoms with E-state index >= 15 is 0 Å². The summed E-state index contributed by atoms with van der Waals surface area (Å²) in [6.07, 6.45) is 5.14. The van der Waals surface area contributed by atoms with Crippen LogP contribution in [0.5, 0.6) is 0 Å². The molecule has 0 fully saturated rings. The smallest absolute Gasteiger partial charge is 0.0991 e. The lowest BCUT2D eigenvalue weighted by atomic mass is 10.1. The Hall–Kier alpha value is -2.12. The molecule has 4 nitrogen and oxygen atoms in total. The number of imidazole rings is 1. The molecule has 0 saturated carbocycles. The lowest BCUT2D eigenvalue weighted by Gasteiger charge is -2.15. The number of hydrogen-bond acceptors (Lipinski definition) is 3. The van der Waals surface area contributed by atoms with Crippen LogP contribution in [0.15, 0.2) is 43.0 Å². The normalized spacial score (nSPS) is 12.0. The summed E-state index contributed by atoms with van der Waals surface area (Å²) >= 11 is 0. The maximum absolute atomic E-state index is 9.36. The second-order valence-electron chi connectivity index (χ2n) is 3.44. The summed E-state index contributed by atoms with van der Waals surface area (Å²) in [7, 11) is 0. The van der Waals surface area contributed by atoms with Gasteiger partial charge in [-0.25, -0.2) is 4.98 Å². The van der Waals surface area contributed by atoms with Crippen LogP contribution in [-0.4, -0.2) is 21.3 Å². The Balaban J connectivity index is 2.31. The topological polar surface area (TPSA) is 61.8 Å². The molecule has 0 radical (unpaired) electrons. The first kappa shape index (κ1) is 10.4. The van der Waals surface area contributed by atoms with Gasteiger partial charge in [-0.3, -0.25) is 0 Å². The predicted octanol–water partition coefficient (Wildman–Crippen LogP) is 1.34. The SMILES string of the molecule is N#Cc1ccc(C(CO)n2ccnc2)cc1. The van der Waals surface area contributed by atoms with Crippen LogP contribution < -0.4 is 0 Å². The van der Waals surface area contributed by atoms with Crippen molar-refractivity contribution in [2.24, 2.45) is 0 Å². The molecule has 80 valence electrons. The maximum atomic E-state index is 9.36. The molecule has 1 aromatic carbocycles. The van der Waals surface area contributed by atoms with E-state index in [0.717, 1.165) is 5.56 Å². The Labute approximate surface area is 93.4 Å². The highest BCUT2D eigenvalue weighted by Crippen LogP contribution is 2.17. The van der Waals surface area contributed by atoms with Gasteiger partial charge in [-0.15, -0.1) is 0 Å². The Morgan fingerprint density at radius 1 is 1.38 bits per heavy atom. The summed E-state index contributed by atoms with van der Waals surface area (Å²) in [5.74, 6) is 0. The van der Waals surface area contributed by atoms with Gasteiger partial charge in [0.25, 0.3) is 0 Å². The molecule has 1 heterocycles. The fourth-order valence-corrected chi connectivity index (χ4v) is 1.61. The highest BCUT2D eigenvalue weighted by molar-refractivity contribution is 5.33. The van der Waals surface area contributed by atoms with Crippen molar-refractivity contribution in [1.29, 1.82) is 5.26 Å². The Morgan fingerprint density at radius 2 is 2.12 bits per heavy atom. The van der Waals surface area contributed by atoms with Crippen LogP contribution in [0.2, 0.25) is 0 Å². The highest BCUT2D eigenvalue weighted by atomic mass is 16.3. The number of aromatic nitrogens is 2. The molecular formula is C12H11N3O. The van der Waals surface area contributed by atoms with Crippen molar-refractivity contribution in [2.45, 2.75) is 6.04 Å². The molecule has 0 amide bonds. The fraction of sp³-hybridized carbons (Fsp3) is 0.167. The van der Waals surface area contributed by atoms with Crippen LogP contribution in [0.1, 0.15) is 17.2 Å². The molecule has 2 aromatic rings. The molecule has 1 aromatic heterocycles. The molecule has 16 heavy (non-hydrogen) atoms. The lowest BCUT2D eigenvalue weighted by Crippen LogP contribution is -2.12. The summed E-state index contributed by atoms with van der Waals surface area (Å²) in [6, 6.07) is 9.10. The third-order valence-corrected chi connectivity index (χ3v) is 2.48. The molecule has 1 N–H and O–H groups in total. The molecule has 0 aliphatic heterocycles. The molecule has 0 bridgehead atoms. The number of benzene rings is 1. The quantitative estimate of drug-likeness (QED) is 0.836. The number of nitrogens with zero attached hydrogens (tertiary/aromatic N) is 3.